The molecule has 5 nitrogen and oxygen atoms in total. The molecule has 0 aliphatic rings. The molecule has 0 bridgehead atoms. The molecule has 3 aromatic carbocycles. The van der Waals surface area contributed by atoms with Crippen LogP contribution < -0.4 is 10.2 Å². The minimum absolute atomic E-state index is 0.376. The Morgan fingerprint density at radius 1 is 1.04 bits per heavy atom. The topological polar surface area (TPSA) is 70.9 Å². The maximum atomic E-state index is 12.0. The van der Waals surface area contributed by atoms with Crippen molar-refractivity contribution in [3.05, 3.63) is 101 Å². The summed E-state index contributed by atoms with van der Waals surface area (Å²) in [7, 11) is 0. The average Bonchev–Trinajstić information content (AvgIpc) is 2.74. The van der Waals surface area contributed by atoms with E-state index in [-0.39, 0.29) is 0 Å². The molecular formula is C22H19ClN2O3. The zero-order valence-electron chi connectivity index (χ0n) is 15.0. The maximum absolute atomic E-state index is 12.0. The van der Waals surface area contributed by atoms with Gasteiger partial charge in [-0.2, -0.15) is 5.10 Å². The molecule has 0 spiro atoms. The third kappa shape index (κ3) is 5.42. The number of hydrogen-bond acceptors (Lipinski definition) is 4. The number of hydrogen-bond donors (Lipinski definition) is 2. The monoisotopic (exact) mass is 394 g/mol. The molecule has 142 valence electrons. The van der Waals surface area contributed by atoms with Gasteiger partial charge >= 0.3 is 0 Å². The highest BCUT2D eigenvalue weighted by Crippen LogP contribution is 2.18. The lowest BCUT2D eigenvalue weighted by atomic mass is 10.1. The number of aliphatic hydroxyl groups excluding tert-OH is 1. The van der Waals surface area contributed by atoms with Crippen LogP contribution in [-0.2, 0) is 11.4 Å². The van der Waals surface area contributed by atoms with Gasteiger partial charge in [0.15, 0.2) is 6.10 Å². The van der Waals surface area contributed by atoms with Crippen LogP contribution in [0.5, 0.6) is 5.75 Å². The standard InChI is InChI=1S/C22H19ClN2O3/c23-19-12-10-16(11-13-19)15-28-20-9-5-4-8-18(20)14-24-25-22(27)21(26)17-6-2-1-3-7-17/h1-14,21,26H,15H2,(H,25,27)/b24-14-/t21-/m0/s1. The molecule has 0 heterocycles. The number of carbonyl (C=O) groups excluding carboxylic acids is 1. The largest absolute Gasteiger partial charge is 0.488 e. The van der Waals surface area contributed by atoms with Gasteiger partial charge in [0.1, 0.15) is 12.4 Å². The summed E-state index contributed by atoms with van der Waals surface area (Å²) in [5.74, 6) is 0.0149. The SMILES string of the molecule is O=C(N/N=C\c1ccccc1OCc1ccc(Cl)cc1)[C@@H](O)c1ccccc1. The number of ether oxygens (including phenoxy) is 1. The Morgan fingerprint density at radius 3 is 2.46 bits per heavy atom. The third-order valence-corrected chi connectivity index (χ3v) is 4.22. The van der Waals surface area contributed by atoms with E-state index in [1.807, 2.05) is 42.5 Å². The fourth-order valence-corrected chi connectivity index (χ4v) is 2.60. The van der Waals surface area contributed by atoms with Crippen molar-refractivity contribution in [1.29, 1.82) is 0 Å². The number of benzene rings is 3. The molecule has 0 fully saturated rings. The van der Waals surface area contributed by atoms with E-state index in [9.17, 15) is 9.90 Å². The summed E-state index contributed by atoms with van der Waals surface area (Å²) in [6, 6.07) is 23.4. The van der Waals surface area contributed by atoms with Crippen molar-refractivity contribution >= 4 is 23.7 Å². The molecule has 0 aliphatic carbocycles. The second-order valence-corrected chi connectivity index (χ2v) is 6.44. The lowest BCUT2D eigenvalue weighted by molar-refractivity contribution is -0.129. The molecule has 1 atom stereocenters. The lowest BCUT2D eigenvalue weighted by Gasteiger charge is -2.10. The van der Waals surface area contributed by atoms with Gasteiger partial charge in [-0.25, -0.2) is 5.43 Å². The Kier molecular flexibility index (Phi) is 6.78. The van der Waals surface area contributed by atoms with E-state index in [0.29, 0.717) is 28.5 Å². The third-order valence-electron chi connectivity index (χ3n) is 3.97. The van der Waals surface area contributed by atoms with E-state index in [0.717, 1.165) is 5.56 Å². The zero-order valence-corrected chi connectivity index (χ0v) is 15.7. The summed E-state index contributed by atoms with van der Waals surface area (Å²) in [5.41, 5.74) is 4.53. The van der Waals surface area contributed by atoms with Crippen molar-refractivity contribution in [2.24, 2.45) is 5.10 Å². The normalized spacial score (nSPS) is 11.9. The highest BCUT2D eigenvalue weighted by molar-refractivity contribution is 6.30. The molecule has 28 heavy (non-hydrogen) atoms. The number of halogens is 1. The Hall–Kier alpha value is -3.15. The highest BCUT2D eigenvalue weighted by Gasteiger charge is 2.16. The summed E-state index contributed by atoms with van der Waals surface area (Å²) in [5, 5.41) is 14.7. The van der Waals surface area contributed by atoms with E-state index >= 15 is 0 Å². The second kappa shape index (κ2) is 9.69. The van der Waals surface area contributed by atoms with Crippen LogP contribution in [0.15, 0.2) is 84.0 Å². The number of rotatable bonds is 7. The first kappa shape index (κ1) is 19.6. The average molecular weight is 395 g/mol. The van der Waals surface area contributed by atoms with E-state index < -0.39 is 12.0 Å². The van der Waals surface area contributed by atoms with Crippen LogP contribution in [0.4, 0.5) is 0 Å². The van der Waals surface area contributed by atoms with Crippen LogP contribution >= 0.6 is 11.6 Å². The Bertz CT molecular complexity index is 944. The van der Waals surface area contributed by atoms with Crippen LogP contribution in [0.1, 0.15) is 22.8 Å². The Morgan fingerprint density at radius 2 is 1.71 bits per heavy atom. The van der Waals surface area contributed by atoms with Crippen LogP contribution in [0.2, 0.25) is 5.02 Å². The molecular weight excluding hydrogens is 376 g/mol. The molecule has 3 rings (SSSR count). The quantitative estimate of drug-likeness (QED) is 0.468. The van der Waals surface area contributed by atoms with Gasteiger partial charge in [0.25, 0.3) is 5.91 Å². The smallest absolute Gasteiger partial charge is 0.273 e. The molecule has 1 amide bonds. The number of nitrogens with zero attached hydrogens (tertiary/aromatic N) is 1. The van der Waals surface area contributed by atoms with Crippen molar-refractivity contribution in [3.8, 4) is 5.75 Å². The van der Waals surface area contributed by atoms with Gasteiger partial charge in [-0.3, -0.25) is 4.79 Å². The molecule has 0 saturated heterocycles. The van der Waals surface area contributed by atoms with E-state index in [2.05, 4.69) is 10.5 Å². The summed E-state index contributed by atoms with van der Waals surface area (Å²) in [4.78, 5) is 12.0. The van der Waals surface area contributed by atoms with Gasteiger partial charge < -0.3 is 9.84 Å². The number of aliphatic hydroxyl groups is 1. The molecule has 0 unspecified atom stereocenters. The molecule has 0 aliphatic heterocycles. The molecule has 0 saturated carbocycles. The van der Waals surface area contributed by atoms with Crippen LogP contribution in [-0.4, -0.2) is 17.2 Å². The van der Waals surface area contributed by atoms with Gasteiger partial charge in [0, 0.05) is 10.6 Å². The van der Waals surface area contributed by atoms with Crippen molar-refractivity contribution in [1.82, 2.24) is 5.43 Å². The lowest BCUT2D eigenvalue weighted by Crippen LogP contribution is -2.25. The number of para-hydroxylation sites is 1. The van der Waals surface area contributed by atoms with Gasteiger partial charge in [-0.15, -0.1) is 0 Å². The molecule has 6 heteroatoms. The fourth-order valence-electron chi connectivity index (χ4n) is 2.47. The molecule has 3 aromatic rings. The Labute approximate surface area is 168 Å². The van der Waals surface area contributed by atoms with Gasteiger partial charge in [-0.05, 0) is 35.4 Å². The van der Waals surface area contributed by atoms with E-state index in [1.54, 1.807) is 36.4 Å². The van der Waals surface area contributed by atoms with Crippen molar-refractivity contribution in [3.63, 3.8) is 0 Å². The minimum atomic E-state index is -1.28. The predicted octanol–water partition coefficient (Wildman–Crippen LogP) is 4.10. The van der Waals surface area contributed by atoms with E-state index in [1.165, 1.54) is 6.21 Å². The van der Waals surface area contributed by atoms with Crippen LogP contribution in [0.3, 0.4) is 0 Å². The van der Waals surface area contributed by atoms with Crippen molar-refractivity contribution < 1.29 is 14.6 Å². The number of amides is 1. The van der Waals surface area contributed by atoms with Gasteiger partial charge in [0.05, 0.1) is 6.21 Å². The van der Waals surface area contributed by atoms with Gasteiger partial charge in [-0.1, -0.05) is 66.2 Å². The molecule has 2 N–H and O–H groups in total. The van der Waals surface area contributed by atoms with Crippen molar-refractivity contribution in [2.45, 2.75) is 12.7 Å². The highest BCUT2D eigenvalue weighted by atomic mass is 35.5. The fraction of sp³-hybridized carbons (Fsp3) is 0.0909. The summed E-state index contributed by atoms with van der Waals surface area (Å²) < 4.78 is 5.84. The Balaban J connectivity index is 1.61. The minimum Gasteiger partial charge on any atom is -0.488 e. The molecule has 0 radical (unpaired) electrons. The first-order valence-electron chi connectivity index (χ1n) is 8.65. The van der Waals surface area contributed by atoms with Gasteiger partial charge in [0.2, 0.25) is 0 Å². The predicted molar refractivity (Wildman–Crippen MR) is 109 cm³/mol. The summed E-state index contributed by atoms with van der Waals surface area (Å²) in [6.45, 7) is 0.376. The number of carbonyl (C=O) groups is 1. The zero-order chi connectivity index (χ0) is 19.8. The number of nitrogens with one attached hydrogen (secondary N) is 1. The first-order chi connectivity index (χ1) is 13.6. The molecule has 0 aromatic heterocycles. The first-order valence-corrected chi connectivity index (χ1v) is 9.03. The number of hydrazone groups is 1. The second-order valence-electron chi connectivity index (χ2n) is 6.00. The summed E-state index contributed by atoms with van der Waals surface area (Å²) >= 11 is 5.89. The van der Waals surface area contributed by atoms with Crippen LogP contribution in [0, 0.1) is 0 Å². The van der Waals surface area contributed by atoms with E-state index in [4.69, 9.17) is 16.3 Å². The van der Waals surface area contributed by atoms with Crippen molar-refractivity contribution in [2.75, 3.05) is 0 Å². The maximum Gasteiger partial charge on any atom is 0.273 e. The van der Waals surface area contributed by atoms with Crippen LogP contribution in [0.25, 0.3) is 0 Å². The summed E-state index contributed by atoms with van der Waals surface area (Å²) in [6.07, 6.45) is 0.196.